The Morgan fingerprint density at radius 3 is 2.82 bits per heavy atom. The molecule has 1 unspecified atom stereocenters. The molecule has 1 aliphatic rings. The molecule has 4 rings (SSSR count). The highest BCUT2D eigenvalue weighted by Crippen LogP contribution is 2.35. The number of aliphatic carboxylic acids is 1. The normalized spacial score (nSPS) is 16.2. The van der Waals surface area contributed by atoms with Crippen molar-refractivity contribution in [3.63, 3.8) is 0 Å². The van der Waals surface area contributed by atoms with Gasteiger partial charge >= 0.3 is 5.97 Å². The summed E-state index contributed by atoms with van der Waals surface area (Å²) in [5, 5.41) is 10.6. The first-order chi connectivity index (χ1) is 13.5. The minimum atomic E-state index is -0.907. The number of carboxylic acids is 1. The second-order valence-electron chi connectivity index (χ2n) is 6.95. The predicted octanol–water partition coefficient (Wildman–Crippen LogP) is 3.69. The summed E-state index contributed by atoms with van der Waals surface area (Å²) in [4.78, 5) is 22.2. The third-order valence-corrected chi connectivity index (χ3v) is 5.54. The second kappa shape index (κ2) is 7.39. The topological polar surface area (TPSA) is 71.2 Å². The summed E-state index contributed by atoms with van der Waals surface area (Å²) in [6, 6.07) is 4.69. The Hall–Kier alpha value is -2.67. The highest BCUT2D eigenvalue weighted by Gasteiger charge is 2.30. The molecular weight excluding hydrogens is 383 g/mol. The number of aromatic nitrogens is 3. The fourth-order valence-corrected chi connectivity index (χ4v) is 4.30. The fourth-order valence-electron chi connectivity index (χ4n) is 4.20. The van der Waals surface area contributed by atoms with E-state index in [2.05, 4.69) is 14.9 Å². The van der Waals surface area contributed by atoms with Crippen molar-refractivity contribution >= 4 is 34.4 Å². The molecule has 0 fully saturated rings. The average molecular weight is 403 g/mol. The number of hydrogen-bond acceptors (Lipinski definition) is 4. The molecule has 2 heterocycles. The highest BCUT2D eigenvalue weighted by atomic mass is 35.5. The van der Waals surface area contributed by atoms with E-state index >= 15 is 0 Å². The molecule has 0 amide bonds. The number of halogens is 2. The Morgan fingerprint density at radius 2 is 2.14 bits per heavy atom. The number of anilines is 1. The zero-order valence-corrected chi connectivity index (χ0v) is 16.2. The molecule has 1 aliphatic carbocycles. The molecule has 2 aromatic heterocycles. The lowest BCUT2D eigenvalue weighted by Gasteiger charge is -2.34. The average Bonchev–Trinajstić information content (AvgIpc) is 2.96. The molecule has 0 saturated carbocycles. The lowest BCUT2D eigenvalue weighted by molar-refractivity contribution is -0.137. The van der Waals surface area contributed by atoms with Crippen LogP contribution in [0.1, 0.15) is 24.6 Å². The summed E-state index contributed by atoms with van der Waals surface area (Å²) in [6.45, 7) is 2.64. The van der Waals surface area contributed by atoms with Gasteiger partial charge < -0.3 is 14.6 Å². The smallest absolute Gasteiger partial charge is 0.323 e. The van der Waals surface area contributed by atoms with Crippen molar-refractivity contribution in [2.75, 3.05) is 11.4 Å². The number of benzene rings is 1. The number of likely N-dealkylation sites (N-methyl/N-ethyl adjacent to an activating group) is 1. The van der Waals surface area contributed by atoms with Crippen LogP contribution in [-0.2, 0) is 24.2 Å². The van der Waals surface area contributed by atoms with Gasteiger partial charge in [0, 0.05) is 29.2 Å². The van der Waals surface area contributed by atoms with Crippen molar-refractivity contribution in [3.8, 4) is 0 Å². The monoisotopic (exact) mass is 402 g/mol. The van der Waals surface area contributed by atoms with Crippen LogP contribution in [0.2, 0.25) is 5.02 Å². The molecule has 28 heavy (non-hydrogen) atoms. The second-order valence-corrected chi connectivity index (χ2v) is 7.39. The van der Waals surface area contributed by atoms with Crippen molar-refractivity contribution in [1.82, 2.24) is 14.5 Å². The predicted molar refractivity (Wildman–Crippen MR) is 105 cm³/mol. The number of carboxylic acid groups (broad SMARTS) is 1. The molecule has 146 valence electrons. The number of nitrogens with zero attached hydrogens (tertiary/aromatic N) is 4. The van der Waals surface area contributed by atoms with Crippen LogP contribution in [0.4, 0.5) is 10.3 Å². The zero-order chi connectivity index (χ0) is 19.8. The van der Waals surface area contributed by atoms with E-state index in [4.69, 9.17) is 11.6 Å². The Bertz CT molecular complexity index is 1030. The summed E-state index contributed by atoms with van der Waals surface area (Å²) in [7, 11) is 0. The number of fused-ring (bicyclic) bond motifs is 3. The standard InChI is InChI=1S/C20H20ClFN4O2/c1-2-25(20-23-9-12(21)10-24-20)14-4-6-18-16(8-14)15-7-13(22)3-5-17(15)26(18)11-19(27)28/h3,5,7,9-10,14H,2,4,6,8,11H2,1H3,(H,27,28). The molecule has 0 bridgehead atoms. The first-order valence-corrected chi connectivity index (χ1v) is 9.61. The van der Waals surface area contributed by atoms with Crippen molar-refractivity contribution in [3.05, 3.63) is 52.7 Å². The first kappa shape index (κ1) is 18.7. The van der Waals surface area contributed by atoms with Crippen molar-refractivity contribution in [2.45, 2.75) is 38.8 Å². The van der Waals surface area contributed by atoms with Gasteiger partial charge in [0.05, 0.1) is 17.4 Å². The molecule has 0 aliphatic heterocycles. The van der Waals surface area contributed by atoms with E-state index in [9.17, 15) is 14.3 Å². The van der Waals surface area contributed by atoms with Gasteiger partial charge in [-0.1, -0.05) is 11.6 Å². The van der Waals surface area contributed by atoms with Crippen LogP contribution in [0.25, 0.3) is 10.9 Å². The summed E-state index contributed by atoms with van der Waals surface area (Å²) in [6.07, 6.45) is 5.39. The lowest BCUT2D eigenvalue weighted by atomic mass is 9.90. The SMILES string of the molecule is CCN(c1ncc(Cl)cn1)C1CCc2c(c3cc(F)ccc3n2CC(=O)O)C1. The van der Waals surface area contributed by atoms with Crippen LogP contribution >= 0.6 is 11.6 Å². The Kier molecular flexibility index (Phi) is 4.93. The third-order valence-electron chi connectivity index (χ3n) is 5.34. The highest BCUT2D eigenvalue weighted by molar-refractivity contribution is 6.30. The van der Waals surface area contributed by atoms with Gasteiger partial charge in [0.2, 0.25) is 5.95 Å². The van der Waals surface area contributed by atoms with Crippen molar-refractivity contribution < 1.29 is 14.3 Å². The van der Waals surface area contributed by atoms with Gasteiger partial charge in [0.25, 0.3) is 0 Å². The van der Waals surface area contributed by atoms with Gasteiger partial charge in [-0.3, -0.25) is 4.79 Å². The molecule has 8 heteroatoms. The van der Waals surface area contributed by atoms with Crippen LogP contribution in [0.3, 0.4) is 0 Å². The maximum atomic E-state index is 13.9. The Balaban J connectivity index is 1.75. The fraction of sp³-hybridized carbons (Fsp3) is 0.350. The molecular formula is C20H20ClFN4O2. The maximum absolute atomic E-state index is 13.9. The number of carbonyl (C=O) groups is 1. The molecule has 6 nitrogen and oxygen atoms in total. The van der Waals surface area contributed by atoms with E-state index in [1.807, 2.05) is 6.92 Å². The van der Waals surface area contributed by atoms with Crippen LogP contribution in [-0.4, -0.2) is 38.2 Å². The van der Waals surface area contributed by atoms with Gasteiger partial charge in [-0.15, -0.1) is 0 Å². The van der Waals surface area contributed by atoms with Crippen LogP contribution in [0, 0.1) is 5.82 Å². The van der Waals surface area contributed by atoms with E-state index in [0.717, 1.165) is 35.1 Å². The van der Waals surface area contributed by atoms with Crippen LogP contribution in [0.5, 0.6) is 0 Å². The molecule has 0 spiro atoms. The summed E-state index contributed by atoms with van der Waals surface area (Å²) in [5.74, 6) is -0.616. The van der Waals surface area contributed by atoms with Gasteiger partial charge in [0.15, 0.2) is 0 Å². The zero-order valence-electron chi connectivity index (χ0n) is 15.4. The number of hydrogen-bond donors (Lipinski definition) is 1. The van der Waals surface area contributed by atoms with E-state index in [1.165, 1.54) is 12.1 Å². The summed E-state index contributed by atoms with van der Waals surface area (Å²) in [5.41, 5.74) is 2.76. The minimum absolute atomic E-state index is 0.125. The quantitative estimate of drug-likeness (QED) is 0.704. The van der Waals surface area contributed by atoms with Crippen LogP contribution in [0.15, 0.2) is 30.6 Å². The molecule has 1 N–H and O–H groups in total. The summed E-state index contributed by atoms with van der Waals surface area (Å²) >= 11 is 5.91. The Morgan fingerprint density at radius 1 is 1.39 bits per heavy atom. The third kappa shape index (κ3) is 3.30. The first-order valence-electron chi connectivity index (χ1n) is 9.23. The minimum Gasteiger partial charge on any atom is -0.480 e. The van der Waals surface area contributed by atoms with E-state index < -0.39 is 5.97 Å². The molecule has 0 radical (unpaired) electrons. The van der Waals surface area contributed by atoms with Crippen molar-refractivity contribution in [2.24, 2.45) is 0 Å². The molecule has 1 aromatic carbocycles. The van der Waals surface area contributed by atoms with E-state index in [-0.39, 0.29) is 18.4 Å². The summed E-state index contributed by atoms with van der Waals surface area (Å²) < 4.78 is 15.7. The number of rotatable bonds is 5. The van der Waals surface area contributed by atoms with E-state index in [0.29, 0.717) is 23.8 Å². The van der Waals surface area contributed by atoms with Crippen LogP contribution < -0.4 is 4.90 Å². The largest absolute Gasteiger partial charge is 0.480 e. The van der Waals surface area contributed by atoms with E-state index in [1.54, 1.807) is 23.0 Å². The van der Waals surface area contributed by atoms with Gasteiger partial charge in [-0.05, 0) is 49.9 Å². The lowest BCUT2D eigenvalue weighted by Crippen LogP contribution is -2.40. The molecule has 0 saturated heterocycles. The maximum Gasteiger partial charge on any atom is 0.323 e. The van der Waals surface area contributed by atoms with Gasteiger partial charge in [0.1, 0.15) is 12.4 Å². The van der Waals surface area contributed by atoms with Gasteiger partial charge in [-0.25, -0.2) is 14.4 Å². The van der Waals surface area contributed by atoms with Gasteiger partial charge in [-0.2, -0.15) is 0 Å². The Labute approximate surface area is 166 Å². The molecule has 3 aromatic rings. The molecule has 1 atom stereocenters. The van der Waals surface area contributed by atoms with Crippen molar-refractivity contribution in [1.29, 1.82) is 0 Å².